The lowest BCUT2D eigenvalue weighted by Crippen LogP contribution is -2.35. The molecule has 1 saturated heterocycles. The van der Waals surface area contributed by atoms with Gasteiger partial charge in [-0.25, -0.2) is 0 Å². The summed E-state index contributed by atoms with van der Waals surface area (Å²) >= 11 is 12.1. The number of hydrogen-bond donors (Lipinski definition) is 2. The molecule has 1 fully saturated rings. The number of nitrogens with one attached hydrogen (secondary N) is 2. The predicted molar refractivity (Wildman–Crippen MR) is 70.9 cm³/mol. The van der Waals surface area contributed by atoms with Gasteiger partial charge in [0.15, 0.2) is 0 Å². The number of carbonyl (C=O) groups excluding carboxylic acids is 1. The Bertz CT molecular complexity index is 442. The molecule has 5 heteroatoms. The van der Waals surface area contributed by atoms with Crippen molar-refractivity contribution in [2.75, 3.05) is 11.9 Å². The van der Waals surface area contributed by atoms with Gasteiger partial charge in [-0.15, -0.1) is 0 Å². The standard InChI is InChI=1S/C12H14Cl2N2O/c1-7-5-9(14)11(6-8(7)13)16-12(17)10-3-2-4-15-10/h5-6,10,15H,2-4H2,1H3,(H,16,17). The Balaban J connectivity index is 2.12. The zero-order chi connectivity index (χ0) is 12.4. The Morgan fingerprint density at radius 1 is 1.41 bits per heavy atom. The summed E-state index contributed by atoms with van der Waals surface area (Å²) in [6.07, 6.45) is 1.89. The zero-order valence-corrected chi connectivity index (χ0v) is 11.0. The average Bonchev–Trinajstić information content (AvgIpc) is 2.79. The summed E-state index contributed by atoms with van der Waals surface area (Å²) in [5.74, 6) is -0.0516. The lowest BCUT2D eigenvalue weighted by molar-refractivity contribution is -0.117. The highest BCUT2D eigenvalue weighted by Gasteiger charge is 2.22. The molecule has 0 radical (unpaired) electrons. The van der Waals surface area contributed by atoms with E-state index in [4.69, 9.17) is 23.2 Å². The molecule has 0 bridgehead atoms. The van der Waals surface area contributed by atoms with Crippen molar-refractivity contribution >= 4 is 34.8 Å². The number of halogens is 2. The maximum Gasteiger partial charge on any atom is 0.241 e. The van der Waals surface area contributed by atoms with Crippen LogP contribution in [0.4, 0.5) is 5.69 Å². The SMILES string of the molecule is Cc1cc(Cl)c(NC(=O)C2CCCN2)cc1Cl. The second-order valence-corrected chi connectivity index (χ2v) is 5.03. The fourth-order valence-electron chi connectivity index (χ4n) is 1.87. The van der Waals surface area contributed by atoms with Gasteiger partial charge in [-0.05, 0) is 44.0 Å². The summed E-state index contributed by atoms with van der Waals surface area (Å²) in [4.78, 5) is 11.9. The first-order valence-electron chi connectivity index (χ1n) is 5.58. The highest BCUT2D eigenvalue weighted by Crippen LogP contribution is 2.29. The van der Waals surface area contributed by atoms with Crippen molar-refractivity contribution in [3.63, 3.8) is 0 Å². The van der Waals surface area contributed by atoms with E-state index in [0.717, 1.165) is 24.9 Å². The van der Waals surface area contributed by atoms with Crippen molar-refractivity contribution in [1.29, 1.82) is 0 Å². The lowest BCUT2D eigenvalue weighted by atomic mass is 10.2. The number of carbonyl (C=O) groups is 1. The molecule has 0 aliphatic carbocycles. The third-order valence-corrected chi connectivity index (χ3v) is 3.60. The van der Waals surface area contributed by atoms with Crippen LogP contribution in [-0.4, -0.2) is 18.5 Å². The quantitative estimate of drug-likeness (QED) is 0.869. The van der Waals surface area contributed by atoms with Crippen LogP contribution in [0.3, 0.4) is 0 Å². The Labute approximate surface area is 110 Å². The van der Waals surface area contributed by atoms with Crippen molar-refractivity contribution < 1.29 is 4.79 Å². The highest BCUT2D eigenvalue weighted by atomic mass is 35.5. The summed E-state index contributed by atoms with van der Waals surface area (Å²) in [5, 5.41) is 7.05. The normalized spacial score (nSPS) is 19.4. The van der Waals surface area contributed by atoms with Crippen LogP contribution in [0.5, 0.6) is 0 Å². The first-order chi connectivity index (χ1) is 8.08. The van der Waals surface area contributed by atoms with Gasteiger partial charge in [0, 0.05) is 5.02 Å². The Kier molecular flexibility index (Phi) is 3.92. The average molecular weight is 273 g/mol. The van der Waals surface area contributed by atoms with Crippen LogP contribution < -0.4 is 10.6 Å². The fourth-order valence-corrected chi connectivity index (χ4v) is 2.30. The van der Waals surface area contributed by atoms with Crippen LogP contribution in [0.1, 0.15) is 18.4 Å². The third kappa shape index (κ3) is 2.92. The summed E-state index contributed by atoms with van der Waals surface area (Å²) < 4.78 is 0. The number of hydrogen-bond acceptors (Lipinski definition) is 2. The van der Waals surface area contributed by atoms with Gasteiger partial charge in [0.05, 0.1) is 16.8 Å². The molecule has 0 spiro atoms. The number of anilines is 1. The molecule has 0 aromatic heterocycles. The maximum atomic E-state index is 11.9. The van der Waals surface area contributed by atoms with Crippen molar-refractivity contribution in [1.82, 2.24) is 5.32 Å². The van der Waals surface area contributed by atoms with E-state index in [-0.39, 0.29) is 11.9 Å². The van der Waals surface area contributed by atoms with Gasteiger partial charge in [-0.2, -0.15) is 0 Å². The molecule has 1 aromatic carbocycles. The second kappa shape index (κ2) is 5.25. The smallest absolute Gasteiger partial charge is 0.241 e. The molecular formula is C12H14Cl2N2O. The Morgan fingerprint density at radius 3 is 2.82 bits per heavy atom. The monoisotopic (exact) mass is 272 g/mol. The van der Waals surface area contributed by atoms with Gasteiger partial charge >= 0.3 is 0 Å². The van der Waals surface area contributed by atoms with Gasteiger partial charge < -0.3 is 10.6 Å². The van der Waals surface area contributed by atoms with E-state index in [1.165, 1.54) is 0 Å². The van der Waals surface area contributed by atoms with Crippen molar-refractivity contribution in [3.8, 4) is 0 Å². The van der Waals surface area contributed by atoms with E-state index in [0.29, 0.717) is 15.7 Å². The molecule has 92 valence electrons. The highest BCUT2D eigenvalue weighted by molar-refractivity contribution is 6.36. The second-order valence-electron chi connectivity index (χ2n) is 4.22. The summed E-state index contributed by atoms with van der Waals surface area (Å²) in [7, 11) is 0. The van der Waals surface area contributed by atoms with Crippen molar-refractivity contribution in [3.05, 3.63) is 27.7 Å². The first kappa shape index (κ1) is 12.7. The molecular weight excluding hydrogens is 259 g/mol. The zero-order valence-electron chi connectivity index (χ0n) is 9.52. The van der Waals surface area contributed by atoms with Crippen LogP contribution in [0, 0.1) is 6.92 Å². The lowest BCUT2D eigenvalue weighted by Gasteiger charge is -2.13. The molecule has 1 atom stereocenters. The molecule has 1 aliphatic rings. The Morgan fingerprint density at radius 2 is 2.18 bits per heavy atom. The molecule has 1 aromatic rings. The predicted octanol–water partition coefficient (Wildman–Crippen LogP) is 2.99. The summed E-state index contributed by atoms with van der Waals surface area (Å²) in [6, 6.07) is 3.32. The molecule has 2 rings (SSSR count). The van der Waals surface area contributed by atoms with Crippen LogP contribution in [0.15, 0.2) is 12.1 Å². The van der Waals surface area contributed by atoms with Crippen LogP contribution in [0.25, 0.3) is 0 Å². The number of rotatable bonds is 2. The Hall–Kier alpha value is -0.770. The van der Waals surface area contributed by atoms with E-state index < -0.39 is 0 Å². The van der Waals surface area contributed by atoms with E-state index in [9.17, 15) is 4.79 Å². The molecule has 1 aliphatic heterocycles. The van der Waals surface area contributed by atoms with Crippen molar-refractivity contribution in [2.24, 2.45) is 0 Å². The molecule has 2 N–H and O–H groups in total. The van der Waals surface area contributed by atoms with Gasteiger partial charge in [0.2, 0.25) is 5.91 Å². The van der Waals surface area contributed by atoms with E-state index in [1.807, 2.05) is 6.92 Å². The van der Waals surface area contributed by atoms with Gasteiger partial charge in [-0.3, -0.25) is 4.79 Å². The van der Waals surface area contributed by atoms with Crippen LogP contribution >= 0.6 is 23.2 Å². The number of amides is 1. The van der Waals surface area contributed by atoms with E-state index >= 15 is 0 Å². The molecule has 3 nitrogen and oxygen atoms in total. The largest absolute Gasteiger partial charge is 0.323 e. The van der Waals surface area contributed by atoms with Crippen LogP contribution in [0.2, 0.25) is 10.0 Å². The summed E-state index contributed by atoms with van der Waals surface area (Å²) in [6.45, 7) is 2.76. The van der Waals surface area contributed by atoms with Crippen LogP contribution in [-0.2, 0) is 4.79 Å². The topological polar surface area (TPSA) is 41.1 Å². The molecule has 17 heavy (non-hydrogen) atoms. The molecule has 0 saturated carbocycles. The van der Waals surface area contributed by atoms with Gasteiger partial charge in [0.1, 0.15) is 0 Å². The number of aryl methyl sites for hydroxylation is 1. The van der Waals surface area contributed by atoms with Crippen molar-refractivity contribution in [2.45, 2.75) is 25.8 Å². The fraction of sp³-hybridized carbons (Fsp3) is 0.417. The minimum absolute atomic E-state index is 0.0516. The molecule has 1 heterocycles. The van der Waals surface area contributed by atoms with E-state index in [1.54, 1.807) is 12.1 Å². The van der Waals surface area contributed by atoms with E-state index in [2.05, 4.69) is 10.6 Å². The minimum Gasteiger partial charge on any atom is -0.323 e. The third-order valence-electron chi connectivity index (χ3n) is 2.88. The molecule has 1 unspecified atom stereocenters. The van der Waals surface area contributed by atoms with Gasteiger partial charge in [0.25, 0.3) is 0 Å². The summed E-state index contributed by atoms with van der Waals surface area (Å²) in [5.41, 5.74) is 1.47. The number of benzene rings is 1. The van der Waals surface area contributed by atoms with Gasteiger partial charge in [-0.1, -0.05) is 23.2 Å². The maximum absolute atomic E-state index is 11.9. The first-order valence-corrected chi connectivity index (χ1v) is 6.33. The molecule has 1 amide bonds. The minimum atomic E-state index is -0.119.